The Hall–Kier alpha value is -1.58. The molecule has 0 amide bonds. The van der Waals surface area contributed by atoms with Gasteiger partial charge < -0.3 is 9.67 Å². The number of aromatic nitrogens is 1. The molecule has 16 heavy (non-hydrogen) atoms. The summed E-state index contributed by atoms with van der Waals surface area (Å²) in [5, 5.41) is 9.04. The van der Waals surface area contributed by atoms with E-state index in [1.807, 2.05) is 20.8 Å². The van der Waals surface area contributed by atoms with Crippen LogP contribution in [0.25, 0.3) is 0 Å². The van der Waals surface area contributed by atoms with Crippen LogP contribution in [0.15, 0.2) is 11.0 Å². The van der Waals surface area contributed by atoms with Crippen LogP contribution in [0.4, 0.5) is 0 Å². The lowest BCUT2D eigenvalue weighted by Gasteiger charge is -2.16. The Labute approximate surface area is 94.5 Å². The summed E-state index contributed by atoms with van der Waals surface area (Å²) < 4.78 is 1.51. The highest BCUT2D eigenvalue weighted by atomic mass is 16.4. The van der Waals surface area contributed by atoms with Gasteiger partial charge in [-0.3, -0.25) is 4.79 Å². The maximum Gasteiger partial charge on any atom is 0.341 e. The van der Waals surface area contributed by atoms with Crippen LogP contribution in [0, 0.1) is 13.8 Å². The van der Waals surface area contributed by atoms with Gasteiger partial charge in [0.25, 0.3) is 5.56 Å². The van der Waals surface area contributed by atoms with Gasteiger partial charge in [-0.25, -0.2) is 4.79 Å². The molecule has 1 N–H and O–H groups in total. The Kier molecular flexibility index (Phi) is 3.52. The van der Waals surface area contributed by atoms with Crippen molar-refractivity contribution in [1.29, 1.82) is 0 Å². The molecule has 0 radical (unpaired) electrons. The third-order valence-electron chi connectivity index (χ3n) is 3.03. The topological polar surface area (TPSA) is 59.3 Å². The van der Waals surface area contributed by atoms with Gasteiger partial charge in [-0.15, -0.1) is 0 Å². The molecule has 0 aliphatic carbocycles. The number of nitrogens with zero attached hydrogens (tertiary/aromatic N) is 1. The Balaban J connectivity index is 3.57. The fourth-order valence-electron chi connectivity index (χ4n) is 1.63. The van der Waals surface area contributed by atoms with Crippen LogP contribution in [0.5, 0.6) is 0 Å². The number of aromatic carboxylic acids is 1. The first-order valence-corrected chi connectivity index (χ1v) is 5.35. The van der Waals surface area contributed by atoms with Crippen LogP contribution >= 0.6 is 0 Å². The summed E-state index contributed by atoms with van der Waals surface area (Å²) in [6, 6.07) is 0.0184. The lowest BCUT2D eigenvalue weighted by molar-refractivity contribution is 0.0693. The monoisotopic (exact) mass is 223 g/mol. The number of carboxylic acid groups (broad SMARTS) is 1. The number of rotatable bonds is 3. The average molecular weight is 223 g/mol. The van der Waals surface area contributed by atoms with Crippen molar-refractivity contribution in [2.75, 3.05) is 0 Å². The lowest BCUT2D eigenvalue weighted by atomic mass is 10.1. The van der Waals surface area contributed by atoms with E-state index in [1.54, 1.807) is 13.1 Å². The number of hydrogen-bond donors (Lipinski definition) is 1. The molecule has 88 valence electrons. The Bertz CT molecular complexity index is 474. The third kappa shape index (κ3) is 2.01. The molecule has 0 saturated heterocycles. The minimum atomic E-state index is -1.15. The van der Waals surface area contributed by atoms with Crippen molar-refractivity contribution < 1.29 is 9.90 Å². The van der Waals surface area contributed by atoms with Crippen molar-refractivity contribution in [3.63, 3.8) is 0 Å². The average Bonchev–Trinajstić information content (AvgIpc) is 2.22. The molecule has 1 heterocycles. The summed E-state index contributed by atoms with van der Waals surface area (Å²) in [6.07, 6.45) is 2.53. The maximum atomic E-state index is 12.0. The molecule has 1 rings (SSSR count). The molecule has 0 aliphatic rings. The molecule has 1 aromatic rings. The molecule has 0 aliphatic heterocycles. The predicted octanol–water partition coefficient (Wildman–Crippen LogP) is 2.13. The first-order valence-electron chi connectivity index (χ1n) is 5.35. The van der Waals surface area contributed by atoms with Gasteiger partial charge in [0.1, 0.15) is 5.56 Å². The first kappa shape index (κ1) is 12.5. The van der Waals surface area contributed by atoms with Crippen molar-refractivity contribution in [2.45, 2.75) is 40.2 Å². The molecule has 4 heteroatoms. The zero-order valence-corrected chi connectivity index (χ0v) is 10.1. The van der Waals surface area contributed by atoms with Gasteiger partial charge in [0.05, 0.1) is 0 Å². The quantitative estimate of drug-likeness (QED) is 0.854. The largest absolute Gasteiger partial charge is 0.477 e. The molecule has 0 aromatic carbocycles. The summed E-state index contributed by atoms with van der Waals surface area (Å²) in [6.45, 7) is 7.36. The van der Waals surface area contributed by atoms with E-state index in [1.165, 1.54) is 4.57 Å². The Morgan fingerprint density at radius 2 is 2.06 bits per heavy atom. The molecule has 0 spiro atoms. The molecule has 0 bridgehead atoms. The van der Waals surface area contributed by atoms with Crippen molar-refractivity contribution in [3.8, 4) is 0 Å². The van der Waals surface area contributed by atoms with Crippen molar-refractivity contribution in [1.82, 2.24) is 4.57 Å². The van der Waals surface area contributed by atoms with E-state index in [9.17, 15) is 9.59 Å². The number of pyridine rings is 1. The normalized spacial score (nSPS) is 12.5. The lowest BCUT2D eigenvalue weighted by Crippen LogP contribution is -2.30. The molecule has 1 unspecified atom stereocenters. The summed E-state index contributed by atoms with van der Waals surface area (Å²) in [7, 11) is 0. The fraction of sp³-hybridized carbons (Fsp3) is 0.500. The van der Waals surface area contributed by atoms with E-state index >= 15 is 0 Å². The summed E-state index contributed by atoms with van der Waals surface area (Å²) in [4.78, 5) is 23.0. The van der Waals surface area contributed by atoms with Crippen LogP contribution in [0.2, 0.25) is 0 Å². The van der Waals surface area contributed by atoms with Crippen molar-refractivity contribution in [2.24, 2.45) is 0 Å². The van der Waals surface area contributed by atoms with Gasteiger partial charge in [0, 0.05) is 12.2 Å². The van der Waals surface area contributed by atoms with Crippen LogP contribution in [-0.2, 0) is 0 Å². The maximum absolute atomic E-state index is 12.0. The van der Waals surface area contributed by atoms with E-state index in [-0.39, 0.29) is 11.6 Å². The minimum Gasteiger partial charge on any atom is -0.477 e. The van der Waals surface area contributed by atoms with Gasteiger partial charge in [-0.2, -0.15) is 0 Å². The molecular formula is C12H17NO3. The third-order valence-corrected chi connectivity index (χ3v) is 3.03. The van der Waals surface area contributed by atoms with Crippen LogP contribution in [-0.4, -0.2) is 15.6 Å². The number of hydrogen-bond acceptors (Lipinski definition) is 2. The fourth-order valence-corrected chi connectivity index (χ4v) is 1.63. The molecule has 0 fully saturated rings. The second-order valence-electron chi connectivity index (χ2n) is 4.09. The van der Waals surface area contributed by atoms with Gasteiger partial charge in [-0.1, -0.05) is 6.92 Å². The van der Waals surface area contributed by atoms with Gasteiger partial charge >= 0.3 is 5.97 Å². The van der Waals surface area contributed by atoms with Crippen LogP contribution < -0.4 is 5.56 Å². The predicted molar refractivity (Wildman–Crippen MR) is 62.1 cm³/mol. The van der Waals surface area contributed by atoms with E-state index in [0.717, 1.165) is 12.0 Å². The number of aryl methyl sites for hydroxylation is 1. The van der Waals surface area contributed by atoms with E-state index in [4.69, 9.17) is 5.11 Å². The minimum absolute atomic E-state index is 0.0184. The van der Waals surface area contributed by atoms with Gasteiger partial charge in [0.2, 0.25) is 0 Å². The Morgan fingerprint density at radius 3 is 2.50 bits per heavy atom. The standard InChI is InChI=1S/C12H17NO3/c1-5-8(3)13-6-7(2)9(4)10(11(13)14)12(15)16/h6,8H,5H2,1-4H3,(H,15,16). The molecule has 0 saturated carbocycles. The highest BCUT2D eigenvalue weighted by Crippen LogP contribution is 2.13. The van der Waals surface area contributed by atoms with Crippen molar-refractivity contribution in [3.05, 3.63) is 33.2 Å². The van der Waals surface area contributed by atoms with E-state index in [0.29, 0.717) is 5.56 Å². The van der Waals surface area contributed by atoms with Crippen molar-refractivity contribution >= 4 is 5.97 Å². The second-order valence-corrected chi connectivity index (χ2v) is 4.09. The number of carbonyl (C=O) groups is 1. The van der Waals surface area contributed by atoms with Crippen LogP contribution in [0.3, 0.4) is 0 Å². The molecule has 4 nitrogen and oxygen atoms in total. The first-order chi connectivity index (χ1) is 7.40. The molecule has 1 aromatic heterocycles. The zero-order valence-electron chi connectivity index (χ0n) is 10.1. The second kappa shape index (κ2) is 4.51. The smallest absolute Gasteiger partial charge is 0.341 e. The van der Waals surface area contributed by atoms with Crippen LogP contribution in [0.1, 0.15) is 47.8 Å². The molecular weight excluding hydrogens is 206 g/mol. The van der Waals surface area contributed by atoms with Gasteiger partial charge in [0.15, 0.2) is 0 Å². The van der Waals surface area contributed by atoms with E-state index in [2.05, 4.69) is 0 Å². The van der Waals surface area contributed by atoms with Gasteiger partial charge in [-0.05, 0) is 38.3 Å². The number of carboxylic acids is 1. The Morgan fingerprint density at radius 1 is 1.50 bits per heavy atom. The highest BCUT2D eigenvalue weighted by Gasteiger charge is 2.18. The summed E-state index contributed by atoms with van der Waals surface area (Å²) in [5.74, 6) is -1.15. The van der Waals surface area contributed by atoms with E-state index < -0.39 is 11.5 Å². The summed E-state index contributed by atoms with van der Waals surface area (Å²) in [5.41, 5.74) is 0.861. The molecule has 1 atom stereocenters. The summed E-state index contributed by atoms with van der Waals surface area (Å²) >= 11 is 0. The highest BCUT2D eigenvalue weighted by molar-refractivity contribution is 5.89. The zero-order chi connectivity index (χ0) is 12.5. The SMILES string of the molecule is CCC(C)n1cc(C)c(C)c(C(=O)O)c1=O.